The Labute approximate surface area is 192 Å². The van der Waals surface area contributed by atoms with Crippen LogP contribution in [0.2, 0.25) is 0 Å². The van der Waals surface area contributed by atoms with Gasteiger partial charge in [-0.25, -0.2) is 0 Å². The minimum absolute atomic E-state index is 0.0537. The number of carbonyl (C=O) groups excluding carboxylic acids is 1. The highest BCUT2D eigenvalue weighted by Crippen LogP contribution is 2.25. The summed E-state index contributed by atoms with van der Waals surface area (Å²) in [5, 5.41) is 9.55. The topological polar surface area (TPSA) is 63.9 Å². The lowest BCUT2D eigenvalue weighted by molar-refractivity contribution is -0.127. The van der Waals surface area contributed by atoms with E-state index in [0.29, 0.717) is 18.8 Å². The molecule has 1 amide bonds. The monoisotopic (exact) mass is 443 g/mol. The number of thioether (sulfide) groups is 1. The van der Waals surface area contributed by atoms with Crippen molar-refractivity contribution in [3.8, 4) is 11.4 Å². The van der Waals surface area contributed by atoms with Crippen LogP contribution in [-0.4, -0.2) is 43.4 Å². The molecule has 0 bridgehead atoms. The molecule has 0 unspecified atom stereocenters. The van der Waals surface area contributed by atoms with Crippen LogP contribution in [-0.2, 0) is 17.9 Å². The standard InChI is InChI=1S/C25H25N5OS/c1-19-8-6-7-11-22(19)17-29(2)23(31)18-32-25-28-27-24(21-12-14-26-15-13-21)30(25)16-20-9-4-3-5-10-20/h3-15H,16-18H2,1-2H3. The van der Waals surface area contributed by atoms with E-state index in [1.807, 2.05) is 49.5 Å². The number of hydrogen-bond donors (Lipinski definition) is 0. The van der Waals surface area contributed by atoms with Gasteiger partial charge in [-0.1, -0.05) is 66.4 Å². The van der Waals surface area contributed by atoms with E-state index in [1.54, 1.807) is 17.3 Å². The van der Waals surface area contributed by atoms with Crippen LogP contribution in [0.15, 0.2) is 84.3 Å². The fourth-order valence-corrected chi connectivity index (χ4v) is 4.26. The number of pyridine rings is 1. The lowest BCUT2D eigenvalue weighted by Gasteiger charge is -2.18. The van der Waals surface area contributed by atoms with Crippen molar-refractivity contribution in [2.45, 2.75) is 25.2 Å². The summed E-state index contributed by atoms with van der Waals surface area (Å²) in [5.41, 5.74) is 4.43. The summed E-state index contributed by atoms with van der Waals surface area (Å²) in [6.07, 6.45) is 3.49. The lowest BCUT2D eigenvalue weighted by atomic mass is 10.1. The first-order chi connectivity index (χ1) is 15.6. The molecule has 32 heavy (non-hydrogen) atoms. The van der Waals surface area contributed by atoms with Crippen molar-refractivity contribution in [2.75, 3.05) is 12.8 Å². The summed E-state index contributed by atoms with van der Waals surface area (Å²) < 4.78 is 2.06. The molecule has 6 nitrogen and oxygen atoms in total. The predicted octanol–water partition coefficient (Wildman–Crippen LogP) is 4.45. The van der Waals surface area contributed by atoms with Gasteiger partial charge in [0.25, 0.3) is 0 Å². The minimum Gasteiger partial charge on any atom is -0.341 e. The van der Waals surface area contributed by atoms with Crippen LogP contribution < -0.4 is 0 Å². The quantitative estimate of drug-likeness (QED) is 0.377. The molecule has 0 radical (unpaired) electrons. The van der Waals surface area contributed by atoms with Gasteiger partial charge in [0.2, 0.25) is 5.91 Å². The molecule has 0 saturated carbocycles. The molecule has 0 spiro atoms. The third-order valence-electron chi connectivity index (χ3n) is 5.26. The largest absolute Gasteiger partial charge is 0.341 e. The van der Waals surface area contributed by atoms with Crippen LogP contribution in [0.1, 0.15) is 16.7 Å². The van der Waals surface area contributed by atoms with Gasteiger partial charge in [-0.15, -0.1) is 10.2 Å². The van der Waals surface area contributed by atoms with Gasteiger partial charge in [-0.05, 0) is 35.7 Å². The van der Waals surface area contributed by atoms with Crippen molar-refractivity contribution in [3.05, 3.63) is 95.8 Å². The SMILES string of the molecule is Cc1ccccc1CN(C)C(=O)CSc1nnc(-c2ccncc2)n1Cc1ccccc1. The maximum atomic E-state index is 12.8. The molecule has 4 rings (SSSR count). The number of rotatable bonds is 8. The number of nitrogens with zero attached hydrogens (tertiary/aromatic N) is 5. The van der Waals surface area contributed by atoms with Crippen molar-refractivity contribution in [2.24, 2.45) is 0 Å². The molecular formula is C25H25N5OS. The second kappa shape index (κ2) is 10.2. The van der Waals surface area contributed by atoms with E-state index in [4.69, 9.17) is 0 Å². The third kappa shape index (κ3) is 5.23. The highest BCUT2D eigenvalue weighted by Gasteiger charge is 2.18. The number of hydrogen-bond acceptors (Lipinski definition) is 5. The van der Waals surface area contributed by atoms with E-state index in [2.05, 4.69) is 50.9 Å². The Morgan fingerprint density at radius 1 is 0.969 bits per heavy atom. The van der Waals surface area contributed by atoms with Gasteiger partial charge >= 0.3 is 0 Å². The Bertz CT molecular complexity index is 1180. The van der Waals surface area contributed by atoms with E-state index in [0.717, 1.165) is 27.7 Å². The number of benzene rings is 2. The van der Waals surface area contributed by atoms with Crippen LogP contribution in [0.5, 0.6) is 0 Å². The molecule has 0 aliphatic rings. The van der Waals surface area contributed by atoms with Crippen LogP contribution in [0.25, 0.3) is 11.4 Å². The summed E-state index contributed by atoms with van der Waals surface area (Å²) in [4.78, 5) is 18.7. The van der Waals surface area contributed by atoms with E-state index < -0.39 is 0 Å². The minimum atomic E-state index is 0.0537. The Balaban J connectivity index is 1.51. The third-order valence-corrected chi connectivity index (χ3v) is 6.21. The summed E-state index contributed by atoms with van der Waals surface area (Å²) in [6.45, 7) is 3.28. The fourth-order valence-electron chi connectivity index (χ4n) is 3.39. The molecule has 2 heterocycles. The first-order valence-corrected chi connectivity index (χ1v) is 11.4. The Morgan fingerprint density at radius 2 is 1.69 bits per heavy atom. The molecule has 4 aromatic rings. The average Bonchev–Trinajstić information content (AvgIpc) is 3.22. The molecule has 0 fully saturated rings. The number of aromatic nitrogens is 4. The Kier molecular flexibility index (Phi) is 6.97. The Morgan fingerprint density at radius 3 is 2.44 bits per heavy atom. The van der Waals surface area contributed by atoms with Gasteiger partial charge in [-0.3, -0.25) is 14.3 Å². The van der Waals surface area contributed by atoms with Crippen molar-refractivity contribution in [1.82, 2.24) is 24.6 Å². The molecule has 2 aromatic heterocycles. The van der Waals surface area contributed by atoms with E-state index in [9.17, 15) is 4.79 Å². The van der Waals surface area contributed by atoms with Crippen LogP contribution >= 0.6 is 11.8 Å². The predicted molar refractivity (Wildman–Crippen MR) is 127 cm³/mol. The molecule has 7 heteroatoms. The maximum Gasteiger partial charge on any atom is 0.233 e. The molecule has 0 saturated heterocycles. The summed E-state index contributed by atoms with van der Waals surface area (Å²) in [5.74, 6) is 1.11. The smallest absolute Gasteiger partial charge is 0.233 e. The van der Waals surface area contributed by atoms with E-state index in [1.165, 1.54) is 17.3 Å². The second-order valence-electron chi connectivity index (χ2n) is 7.58. The van der Waals surface area contributed by atoms with E-state index >= 15 is 0 Å². The molecule has 0 aliphatic carbocycles. The second-order valence-corrected chi connectivity index (χ2v) is 8.52. The van der Waals surface area contributed by atoms with Crippen molar-refractivity contribution in [1.29, 1.82) is 0 Å². The van der Waals surface area contributed by atoms with E-state index in [-0.39, 0.29) is 5.91 Å². The van der Waals surface area contributed by atoms with Gasteiger partial charge in [0.1, 0.15) is 0 Å². The zero-order chi connectivity index (χ0) is 22.3. The van der Waals surface area contributed by atoms with Crippen molar-refractivity contribution < 1.29 is 4.79 Å². The van der Waals surface area contributed by atoms with Gasteiger partial charge < -0.3 is 4.90 Å². The molecule has 0 aliphatic heterocycles. The van der Waals surface area contributed by atoms with Gasteiger partial charge in [0, 0.05) is 31.5 Å². The number of amides is 1. The zero-order valence-electron chi connectivity index (χ0n) is 18.2. The first-order valence-electron chi connectivity index (χ1n) is 10.4. The molecule has 0 N–H and O–H groups in total. The lowest BCUT2D eigenvalue weighted by Crippen LogP contribution is -2.28. The summed E-state index contributed by atoms with van der Waals surface area (Å²) in [6, 6.07) is 22.2. The Hall–Kier alpha value is -3.45. The van der Waals surface area contributed by atoms with Crippen LogP contribution in [0.4, 0.5) is 0 Å². The number of aryl methyl sites for hydroxylation is 1. The zero-order valence-corrected chi connectivity index (χ0v) is 19.0. The number of carbonyl (C=O) groups is 1. The first kappa shape index (κ1) is 21.8. The van der Waals surface area contributed by atoms with Crippen LogP contribution in [0.3, 0.4) is 0 Å². The van der Waals surface area contributed by atoms with Gasteiger partial charge in [-0.2, -0.15) is 0 Å². The summed E-state index contributed by atoms with van der Waals surface area (Å²) in [7, 11) is 1.84. The van der Waals surface area contributed by atoms with Crippen molar-refractivity contribution >= 4 is 17.7 Å². The summed E-state index contributed by atoms with van der Waals surface area (Å²) >= 11 is 1.42. The highest BCUT2D eigenvalue weighted by molar-refractivity contribution is 7.99. The van der Waals surface area contributed by atoms with Gasteiger partial charge in [0.05, 0.1) is 12.3 Å². The molecule has 0 atom stereocenters. The van der Waals surface area contributed by atoms with Crippen molar-refractivity contribution in [3.63, 3.8) is 0 Å². The normalized spacial score (nSPS) is 10.8. The molecular weight excluding hydrogens is 418 g/mol. The highest BCUT2D eigenvalue weighted by atomic mass is 32.2. The maximum absolute atomic E-state index is 12.8. The molecule has 162 valence electrons. The average molecular weight is 444 g/mol. The molecule has 2 aromatic carbocycles. The van der Waals surface area contributed by atoms with Gasteiger partial charge in [0.15, 0.2) is 11.0 Å². The fraction of sp³-hybridized carbons (Fsp3) is 0.200. The van der Waals surface area contributed by atoms with Crippen LogP contribution in [0, 0.1) is 6.92 Å².